The van der Waals surface area contributed by atoms with Gasteiger partial charge in [0.2, 0.25) is 10.0 Å². The summed E-state index contributed by atoms with van der Waals surface area (Å²) in [6.07, 6.45) is 1.93. The molecule has 1 rings (SSSR count). The van der Waals surface area contributed by atoms with E-state index in [2.05, 4.69) is 10.0 Å². The molecule has 0 atom stereocenters. The molecular formula is C14H22N2O5S2. The monoisotopic (exact) mass is 362 g/mol. The first kappa shape index (κ1) is 19.6. The number of aliphatic carboxylic acids is 1. The van der Waals surface area contributed by atoms with E-state index in [1.807, 2.05) is 0 Å². The van der Waals surface area contributed by atoms with Crippen LogP contribution in [-0.2, 0) is 21.2 Å². The number of carbonyl (C=O) groups excluding carboxylic acids is 1. The van der Waals surface area contributed by atoms with E-state index in [9.17, 15) is 18.0 Å². The minimum absolute atomic E-state index is 0.0138. The molecule has 23 heavy (non-hydrogen) atoms. The van der Waals surface area contributed by atoms with Crippen LogP contribution in [0.2, 0.25) is 0 Å². The third kappa shape index (κ3) is 8.10. The van der Waals surface area contributed by atoms with E-state index in [0.717, 1.165) is 11.1 Å². The Labute approximate surface area is 140 Å². The van der Waals surface area contributed by atoms with Crippen molar-refractivity contribution in [2.24, 2.45) is 0 Å². The van der Waals surface area contributed by atoms with Gasteiger partial charge in [-0.25, -0.2) is 13.1 Å². The molecule has 0 spiro atoms. The van der Waals surface area contributed by atoms with Crippen LogP contribution in [0, 0.1) is 0 Å². The van der Waals surface area contributed by atoms with Crippen molar-refractivity contribution in [3.8, 4) is 0 Å². The number of carbonyl (C=O) groups is 2. The van der Waals surface area contributed by atoms with Crippen molar-refractivity contribution in [2.45, 2.75) is 38.6 Å². The van der Waals surface area contributed by atoms with Gasteiger partial charge in [-0.05, 0) is 38.8 Å². The van der Waals surface area contributed by atoms with Crippen molar-refractivity contribution in [1.29, 1.82) is 0 Å². The summed E-state index contributed by atoms with van der Waals surface area (Å²) < 4.78 is 24.4. The molecule has 0 aliphatic heterocycles. The highest BCUT2D eigenvalue weighted by Crippen LogP contribution is 2.19. The van der Waals surface area contributed by atoms with Crippen LogP contribution in [0.5, 0.6) is 0 Å². The SMILES string of the molecule is CC(C)(CCC(=O)O)NC(=O)c1ccc(CCNS(C)(=O)=O)s1. The van der Waals surface area contributed by atoms with Crippen LogP contribution in [0.1, 0.15) is 41.2 Å². The fourth-order valence-corrected chi connectivity index (χ4v) is 3.22. The first-order chi connectivity index (χ1) is 10.5. The molecule has 130 valence electrons. The van der Waals surface area contributed by atoms with E-state index in [1.165, 1.54) is 11.3 Å². The van der Waals surface area contributed by atoms with Crippen molar-refractivity contribution < 1.29 is 23.1 Å². The average Bonchev–Trinajstić information content (AvgIpc) is 2.83. The predicted molar refractivity (Wildman–Crippen MR) is 89.3 cm³/mol. The Morgan fingerprint density at radius 2 is 1.96 bits per heavy atom. The van der Waals surface area contributed by atoms with Crippen molar-refractivity contribution in [3.05, 3.63) is 21.9 Å². The topological polar surface area (TPSA) is 113 Å². The molecule has 3 N–H and O–H groups in total. The van der Waals surface area contributed by atoms with Gasteiger partial charge in [0, 0.05) is 23.4 Å². The Bertz CT molecular complexity index is 664. The molecule has 0 bridgehead atoms. The Morgan fingerprint density at radius 3 is 2.52 bits per heavy atom. The predicted octanol–water partition coefficient (Wildman–Crippen LogP) is 1.21. The van der Waals surface area contributed by atoms with Gasteiger partial charge in [-0.15, -0.1) is 11.3 Å². The summed E-state index contributed by atoms with van der Waals surface area (Å²) in [6, 6.07) is 3.47. The molecule has 0 aliphatic rings. The zero-order chi connectivity index (χ0) is 17.7. The second-order valence-electron chi connectivity index (χ2n) is 5.91. The van der Waals surface area contributed by atoms with Crippen LogP contribution in [0.4, 0.5) is 0 Å². The lowest BCUT2D eigenvalue weighted by atomic mass is 9.98. The summed E-state index contributed by atoms with van der Waals surface area (Å²) >= 11 is 1.29. The van der Waals surface area contributed by atoms with Crippen molar-refractivity contribution in [1.82, 2.24) is 10.0 Å². The molecule has 1 heterocycles. The van der Waals surface area contributed by atoms with Crippen LogP contribution in [0.15, 0.2) is 12.1 Å². The molecule has 7 nitrogen and oxygen atoms in total. The summed E-state index contributed by atoms with van der Waals surface area (Å²) in [5.41, 5.74) is -0.614. The van der Waals surface area contributed by atoms with Gasteiger partial charge in [0.05, 0.1) is 11.1 Å². The lowest BCUT2D eigenvalue weighted by Gasteiger charge is -2.25. The minimum atomic E-state index is -3.21. The molecule has 1 aromatic rings. The van der Waals surface area contributed by atoms with Gasteiger partial charge in [0.1, 0.15) is 0 Å². The maximum atomic E-state index is 12.2. The van der Waals surface area contributed by atoms with E-state index in [-0.39, 0.29) is 18.9 Å². The number of sulfonamides is 1. The highest BCUT2D eigenvalue weighted by Gasteiger charge is 2.23. The molecule has 0 aliphatic carbocycles. The summed E-state index contributed by atoms with van der Waals surface area (Å²) in [5, 5.41) is 11.5. The maximum Gasteiger partial charge on any atom is 0.303 e. The summed E-state index contributed by atoms with van der Waals surface area (Å²) in [4.78, 5) is 24.2. The number of rotatable bonds is 9. The number of hydrogen-bond acceptors (Lipinski definition) is 5. The molecular weight excluding hydrogens is 340 g/mol. The smallest absolute Gasteiger partial charge is 0.303 e. The maximum absolute atomic E-state index is 12.2. The first-order valence-electron chi connectivity index (χ1n) is 7.06. The van der Waals surface area contributed by atoms with Crippen LogP contribution >= 0.6 is 11.3 Å². The normalized spacial score (nSPS) is 12.1. The van der Waals surface area contributed by atoms with Crippen LogP contribution < -0.4 is 10.0 Å². The standard InChI is InChI=1S/C14H22N2O5S2/c1-14(2,8-6-12(17)18)16-13(19)11-5-4-10(22-11)7-9-15-23(3,20)21/h4-5,15H,6-9H2,1-3H3,(H,16,19)(H,17,18). The molecule has 0 saturated heterocycles. The second kappa shape index (κ2) is 7.89. The lowest BCUT2D eigenvalue weighted by molar-refractivity contribution is -0.137. The van der Waals surface area contributed by atoms with Crippen molar-refractivity contribution in [3.63, 3.8) is 0 Å². The highest BCUT2D eigenvalue weighted by atomic mass is 32.2. The number of thiophene rings is 1. The number of nitrogens with one attached hydrogen (secondary N) is 2. The minimum Gasteiger partial charge on any atom is -0.481 e. The fourth-order valence-electron chi connectivity index (χ4n) is 1.84. The molecule has 0 aromatic carbocycles. The molecule has 0 saturated carbocycles. The molecule has 1 aromatic heterocycles. The van der Waals surface area contributed by atoms with Gasteiger partial charge in [-0.2, -0.15) is 0 Å². The van der Waals surface area contributed by atoms with E-state index >= 15 is 0 Å². The number of carboxylic acid groups (broad SMARTS) is 1. The Hall–Kier alpha value is -1.45. The molecule has 0 unspecified atom stereocenters. The van der Waals surface area contributed by atoms with E-state index in [0.29, 0.717) is 17.7 Å². The third-order valence-corrected chi connectivity index (χ3v) is 4.91. The second-order valence-corrected chi connectivity index (χ2v) is 8.92. The van der Waals surface area contributed by atoms with Crippen molar-refractivity contribution >= 4 is 33.2 Å². The van der Waals surface area contributed by atoms with E-state index in [1.54, 1.807) is 26.0 Å². The highest BCUT2D eigenvalue weighted by molar-refractivity contribution is 7.88. The molecule has 0 radical (unpaired) electrons. The zero-order valence-electron chi connectivity index (χ0n) is 13.4. The Balaban J connectivity index is 2.56. The third-order valence-electron chi connectivity index (χ3n) is 3.04. The quantitative estimate of drug-likeness (QED) is 0.611. The molecule has 1 amide bonds. The van der Waals surface area contributed by atoms with Crippen molar-refractivity contribution in [2.75, 3.05) is 12.8 Å². The van der Waals surface area contributed by atoms with Gasteiger partial charge in [-0.1, -0.05) is 0 Å². The van der Waals surface area contributed by atoms with Gasteiger partial charge in [0.15, 0.2) is 0 Å². The zero-order valence-corrected chi connectivity index (χ0v) is 15.0. The number of hydrogen-bond donors (Lipinski definition) is 3. The number of amides is 1. The Morgan fingerprint density at radius 1 is 1.30 bits per heavy atom. The summed E-state index contributed by atoms with van der Waals surface area (Å²) in [6.45, 7) is 3.83. The lowest BCUT2D eigenvalue weighted by Crippen LogP contribution is -2.43. The van der Waals surface area contributed by atoms with Crippen LogP contribution in [0.3, 0.4) is 0 Å². The molecule has 0 fully saturated rings. The summed E-state index contributed by atoms with van der Waals surface area (Å²) in [5.74, 6) is -1.16. The van der Waals surface area contributed by atoms with Gasteiger partial charge >= 0.3 is 5.97 Å². The van der Waals surface area contributed by atoms with E-state index in [4.69, 9.17) is 5.11 Å². The average molecular weight is 362 g/mol. The van der Waals surface area contributed by atoms with Gasteiger partial charge < -0.3 is 10.4 Å². The number of carboxylic acids is 1. The summed E-state index contributed by atoms with van der Waals surface area (Å²) in [7, 11) is -3.21. The van der Waals surface area contributed by atoms with Crippen LogP contribution in [0.25, 0.3) is 0 Å². The molecule has 9 heteroatoms. The first-order valence-corrected chi connectivity index (χ1v) is 9.77. The van der Waals surface area contributed by atoms with Crippen LogP contribution in [-0.4, -0.2) is 43.7 Å². The fraction of sp³-hybridized carbons (Fsp3) is 0.571. The van der Waals surface area contributed by atoms with Gasteiger partial charge in [0.25, 0.3) is 5.91 Å². The Kier molecular flexibility index (Phi) is 6.72. The largest absolute Gasteiger partial charge is 0.481 e. The van der Waals surface area contributed by atoms with Gasteiger partial charge in [-0.3, -0.25) is 9.59 Å². The van der Waals surface area contributed by atoms with E-state index < -0.39 is 21.5 Å².